The molecule has 2 fully saturated rings. The van der Waals surface area contributed by atoms with Gasteiger partial charge in [-0.1, -0.05) is 15.5 Å². The molecule has 5 rings (SSSR count). The lowest BCUT2D eigenvalue weighted by Gasteiger charge is -2.34. The molecule has 2 N–H and O–H groups in total. The highest BCUT2D eigenvalue weighted by molar-refractivity contribution is 7.98. The van der Waals surface area contributed by atoms with Crippen molar-refractivity contribution in [1.82, 2.24) is 24.8 Å². The zero-order valence-corrected chi connectivity index (χ0v) is 20.6. The topological polar surface area (TPSA) is 138 Å². The number of nitrogens with one attached hydrogen (secondary N) is 2. The van der Waals surface area contributed by atoms with Gasteiger partial charge in [0, 0.05) is 32.1 Å². The Hall–Kier alpha value is -2.26. The first kappa shape index (κ1) is 23.5. The molecule has 0 spiro atoms. The number of aryl methyl sites for hydroxylation is 1. The predicted molar refractivity (Wildman–Crippen MR) is 123 cm³/mol. The summed E-state index contributed by atoms with van der Waals surface area (Å²) >= 11 is 2.09. The van der Waals surface area contributed by atoms with Gasteiger partial charge >= 0.3 is 0 Å². The van der Waals surface area contributed by atoms with Gasteiger partial charge in [-0.25, -0.2) is 4.39 Å². The highest BCUT2D eigenvalue weighted by Crippen LogP contribution is 2.42. The fourth-order valence-electron chi connectivity index (χ4n) is 4.11. The van der Waals surface area contributed by atoms with Crippen molar-refractivity contribution in [1.29, 1.82) is 0 Å². The molecule has 1 aliphatic heterocycles. The number of fused-ring (bicyclic) bond motifs is 1. The van der Waals surface area contributed by atoms with Crippen LogP contribution in [0.1, 0.15) is 40.7 Å². The second-order valence-electron chi connectivity index (χ2n) is 8.60. The lowest BCUT2D eigenvalue weighted by atomic mass is 9.72. The maximum atomic E-state index is 14.4. The summed E-state index contributed by atoms with van der Waals surface area (Å²) in [7, 11) is -2.28. The Kier molecular flexibility index (Phi) is 6.04. The average molecular weight is 528 g/mol. The number of aromatic nitrogens is 3. The third-order valence-electron chi connectivity index (χ3n) is 6.22. The van der Waals surface area contributed by atoms with Crippen LogP contribution in [0, 0.1) is 5.92 Å². The number of carbonyl (C=O) groups is 2. The quantitative estimate of drug-likeness (QED) is 0.449. The number of hydrogen-bond acceptors (Lipinski definition) is 9. The Morgan fingerprint density at radius 2 is 2.15 bits per heavy atom. The second-order valence-corrected chi connectivity index (χ2v) is 12.7. The Bertz CT molecular complexity index is 1270. The Morgan fingerprint density at radius 3 is 2.76 bits per heavy atom. The normalized spacial score (nSPS) is 26.2. The number of rotatable bonds is 7. The first-order valence-electron chi connectivity index (χ1n) is 10.6. The van der Waals surface area contributed by atoms with Crippen LogP contribution in [0.5, 0.6) is 0 Å². The number of halogens is 1. The van der Waals surface area contributed by atoms with Gasteiger partial charge in [0.2, 0.25) is 4.21 Å². The van der Waals surface area contributed by atoms with E-state index < -0.39 is 33.8 Å². The van der Waals surface area contributed by atoms with E-state index in [2.05, 4.69) is 20.2 Å². The van der Waals surface area contributed by atoms with E-state index in [0.717, 1.165) is 29.1 Å². The first-order valence-corrected chi connectivity index (χ1v) is 13.8. The van der Waals surface area contributed by atoms with Gasteiger partial charge in [0.1, 0.15) is 12.2 Å². The predicted octanol–water partition coefficient (Wildman–Crippen LogP) is 2.16. The molecule has 2 aliphatic rings. The van der Waals surface area contributed by atoms with Crippen LogP contribution in [0.3, 0.4) is 0 Å². The minimum atomic E-state index is -4.06. The number of nitrogens with zero attached hydrogens (tertiary/aromatic N) is 3. The maximum absolute atomic E-state index is 14.4. The van der Waals surface area contributed by atoms with Crippen molar-refractivity contribution in [2.45, 2.75) is 35.1 Å². The van der Waals surface area contributed by atoms with E-state index in [0.29, 0.717) is 33.1 Å². The molecule has 0 aromatic carbocycles. The zero-order valence-electron chi connectivity index (χ0n) is 18.1. The highest BCUT2D eigenvalue weighted by Gasteiger charge is 2.43. The van der Waals surface area contributed by atoms with Gasteiger partial charge in [-0.15, -0.1) is 21.5 Å². The molecule has 1 aliphatic carbocycles. The molecule has 4 heterocycles. The van der Waals surface area contributed by atoms with Gasteiger partial charge in [-0.05, 0) is 18.9 Å². The van der Waals surface area contributed by atoms with Crippen molar-refractivity contribution in [2.24, 2.45) is 13.0 Å². The summed E-state index contributed by atoms with van der Waals surface area (Å²) in [6.07, 6.45) is 3.09. The van der Waals surface area contributed by atoms with Gasteiger partial charge in [-0.3, -0.25) is 9.59 Å². The summed E-state index contributed by atoms with van der Waals surface area (Å²) in [5.74, 6) is -0.986. The first-order chi connectivity index (χ1) is 16.2. The Labute approximate surface area is 203 Å². The molecule has 0 radical (unpaired) electrons. The molecule has 4 atom stereocenters. The lowest BCUT2D eigenvalue weighted by Crippen LogP contribution is -2.44. The highest BCUT2D eigenvalue weighted by atomic mass is 32.3. The van der Waals surface area contributed by atoms with Gasteiger partial charge < -0.3 is 19.2 Å². The fraction of sp³-hybridized carbons (Fsp3) is 0.500. The molecular formula is C20H22FN5O5S3. The van der Waals surface area contributed by atoms with Crippen LogP contribution in [0.15, 0.2) is 22.7 Å². The van der Waals surface area contributed by atoms with E-state index in [1.54, 1.807) is 24.0 Å². The molecule has 34 heavy (non-hydrogen) atoms. The van der Waals surface area contributed by atoms with Gasteiger partial charge in [0.25, 0.3) is 11.8 Å². The minimum absolute atomic E-state index is 0.00518. The lowest BCUT2D eigenvalue weighted by molar-refractivity contribution is -0.126. The van der Waals surface area contributed by atoms with Crippen LogP contribution in [0.2, 0.25) is 0 Å². The van der Waals surface area contributed by atoms with Crippen molar-refractivity contribution < 1.29 is 27.5 Å². The number of carbonyl (C=O) groups excluding carboxylic acids is 2. The fourth-order valence-corrected chi connectivity index (χ4v) is 7.86. The van der Waals surface area contributed by atoms with Gasteiger partial charge in [-0.2, -0.15) is 4.72 Å². The summed E-state index contributed by atoms with van der Waals surface area (Å²) in [6, 6.07) is 3.02. The number of amides is 2. The van der Waals surface area contributed by atoms with E-state index in [1.165, 1.54) is 6.07 Å². The van der Waals surface area contributed by atoms with Crippen LogP contribution < -0.4 is 10.0 Å². The van der Waals surface area contributed by atoms with Gasteiger partial charge in [0.05, 0.1) is 33.3 Å². The standard InChI is InChI=1S/C20H22FN5O5S3/c1-26-10-23-24-17(26)11-2-3-12(11)18(27)25-34(29,30)16-7-14-13(33-16)6-15(32-14)19(28)22-8-20(21)4-5-31-9-20/h6-7,10-12H,2-5,8-9H2,1H3,(H2-,22,25,27,28,29,30)/t11-,12+,20?/m1/s1. The molecule has 14 heteroatoms. The van der Waals surface area contributed by atoms with E-state index in [1.807, 2.05) is 0 Å². The molecule has 3 aromatic rings. The van der Waals surface area contributed by atoms with Crippen molar-refractivity contribution in [3.8, 4) is 0 Å². The van der Waals surface area contributed by atoms with Crippen molar-refractivity contribution in [3.05, 3.63) is 29.2 Å². The van der Waals surface area contributed by atoms with Crippen LogP contribution in [-0.4, -0.2) is 56.6 Å². The second kappa shape index (κ2) is 8.75. The van der Waals surface area contributed by atoms with Crippen LogP contribution in [0.4, 0.5) is 4.39 Å². The molecule has 0 bridgehead atoms. The van der Waals surface area contributed by atoms with Crippen LogP contribution in [-0.2, 0) is 31.2 Å². The number of hydrogen-bond donors (Lipinski definition) is 2. The molecule has 3 aromatic heterocycles. The summed E-state index contributed by atoms with van der Waals surface area (Å²) in [5, 5.41) is 10.4. The minimum Gasteiger partial charge on any atom is -0.588 e. The van der Waals surface area contributed by atoms with Crippen molar-refractivity contribution in [2.75, 3.05) is 19.8 Å². The number of alkyl halides is 1. The number of ether oxygens (including phenoxy) is 1. The molecule has 182 valence electrons. The molecular weight excluding hydrogens is 505 g/mol. The van der Waals surface area contributed by atoms with Crippen LogP contribution >= 0.6 is 22.7 Å². The molecule has 2 amide bonds. The van der Waals surface area contributed by atoms with Crippen molar-refractivity contribution >= 4 is 54.3 Å². The number of thiophene rings is 2. The molecule has 1 saturated heterocycles. The Morgan fingerprint density at radius 1 is 1.35 bits per heavy atom. The third-order valence-corrected chi connectivity index (χ3v) is 10.3. The summed E-state index contributed by atoms with van der Waals surface area (Å²) in [5.41, 5.74) is -1.56. The van der Waals surface area contributed by atoms with Crippen LogP contribution in [0.25, 0.3) is 9.40 Å². The number of sulfonamides is 1. The largest absolute Gasteiger partial charge is 0.588 e. The van der Waals surface area contributed by atoms with E-state index in [9.17, 15) is 22.7 Å². The van der Waals surface area contributed by atoms with E-state index in [4.69, 9.17) is 4.74 Å². The van der Waals surface area contributed by atoms with Crippen molar-refractivity contribution in [3.63, 3.8) is 0 Å². The Balaban J connectivity index is 1.24. The zero-order chi connectivity index (χ0) is 24.1. The molecule has 2 unspecified atom stereocenters. The summed E-state index contributed by atoms with van der Waals surface area (Å²) in [6.45, 7) is 0.149. The van der Waals surface area contributed by atoms with E-state index >= 15 is 0 Å². The molecule has 1 saturated carbocycles. The average Bonchev–Trinajstić information content (AvgIpc) is 3.50. The maximum Gasteiger partial charge on any atom is 0.264 e. The summed E-state index contributed by atoms with van der Waals surface area (Å²) in [4.78, 5) is 25.5. The summed E-state index contributed by atoms with van der Waals surface area (Å²) < 4.78 is 50.2. The van der Waals surface area contributed by atoms with Gasteiger partial charge in [0.15, 0.2) is 16.1 Å². The molecule has 10 nitrogen and oxygen atoms in total. The third kappa shape index (κ3) is 4.40. The van der Waals surface area contributed by atoms with E-state index in [-0.39, 0.29) is 29.7 Å². The monoisotopic (exact) mass is 527 g/mol. The SMILES string of the molecule is Cn1cnnc1[C@@H]1CC[C@@H]1C(=O)N[S+](=O)([O-])c1cc2sc(C(=O)NCC3(F)CCOC3)cc2s1. The smallest absolute Gasteiger partial charge is 0.264 e.